The summed E-state index contributed by atoms with van der Waals surface area (Å²) in [7, 11) is 0. The molecule has 0 radical (unpaired) electrons. The second-order valence-corrected chi connectivity index (χ2v) is 7.02. The summed E-state index contributed by atoms with van der Waals surface area (Å²) in [5.74, 6) is 3.05. The maximum atomic E-state index is 6.12. The van der Waals surface area contributed by atoms with Crippen LogP contribution < -0.4 is 10.6 Å². The first-order valence-electron chi connectivity index (χ1n) is 7.49. The highest BCUT2D eigenvalue weighted by molar-refractivity contribution is 7.09. The Morgan fingerprint density at radius 3 is 2.71 bits per heavy atom. The summed E-state index contributed by atoms with van der Waals surface area (Å²) in [6, 6.07) is 4.63. The van der Waals surface area contributed by atoms with Crippen LogP contribution in [0, 0.1) is 6.92 Å². The summed E-state index contributed by atoms with van der Waals surface area (Å²) in [6.45, 7) is 7.28. The molecule has 0 amide bonds. The lowest BCUT2D eigenvalue weighted by molar-refractivity contribution is 0.669. The first-order chi connectivity index (χ1) is 10.1. The van der Waals surface area contributed by atoms with Gasteiger partial charge in [0.2, 0.25) is 0 Å². The number of nitrogen functional groups attached to an aromatic ring is 1. The zero-order valence-corrected chi connectivity index (χ0v) is 13.7. The van der Waals surface area contributed by atoms with Crippen molar-refractivity contribution in [3.63, 3.8) is 0 Å². The molecule has 0 aliphatic heterocycles. The molecule has 0 bridgehead atoms. The average molecular weight is 302 g/mol. The molecule has 1 fully saturated rings. The molecule has 0 spiro atoms. The van der Waals surface area contributed by atoms with Crippen molar-refractivity contribution in [2.75, 3.05) is 10.6 Å². The minimum atomic E-state index is 0.368. The zero-order valence-electron chi connectivity index (χ0n) is 12.8. The lowest BCUT2D eigenvalue weighted by Gasteiger charge is -2.29. The molecule has 2 aromatic heterocycles. The highest BCUT2D eigenvalue weighted by Gasteiger charge is 2.29. The summed E-state index contributed by atoms with van der Waals surface area (Å²) < 4.78 is 0. The van der Waals surface area contributed by atoms with Gasteiger partial charge >= 0.3 is 0 Å². The van der Waals surface area contributed by atoms with Crippen LogP contribution in [-0.4, -0.2) is 16.0 Å². The van der Waals surface area contributed by atoms with E-state index in [4.69, 9.17) is 10.7 Å². The monoisotopic (exact) mass is 302 g/mol. The van der Waals surface area contributed by atoms with Crippen LogP contribution in [0.5, 0.6) is 0 Å². The second kappa shape index (κ2) is 5.64. The summed E-state index contributed by atoms with van der Waals surface area (Å²) >= 11 is 1.78. The van der Waals surface area contributed by atoms with Gasteiger partial charge < -0.3 is 10.6 Å². The van der Waals surface area contributed by atoms with E-state index in [1.165, 1.54) is 17.7 Å². The Balaban J connectivity index is 1.97. The van der Waals surface area contributed by atoms with Gasteiger partial charge in [0.15, 0.2) is 0 Å². The predicted octanol–water partition coefficient (Wildman–Crippen LogP) is 3.72. The van der Waals surface area contributed by atoms with Gasteiger partial charge in [-0.15, -0.1) is 11.3 Å². The van der Waals surface area contributed by atoms with Crippen molar-refractivity contribution in [1.82, 2.24) is 9.97 Å². The molecule has 3 rings (SSSR count). The predicted molar refractivity (Wildman–Crippen MR) is 88.8 cm³/mol. The maximum Gasteiger partial charge on any atom is 0.137 e. The molecule has 2 N–H and O–H groups in total. The van der Waals surface area contributed by atoms with E-state index in [-0.39, 0.29) is 0 Å². The second-order valence-electron chi connectivity index (χ2n) is 5.99. The molecule has 2 aromatic rings. The molecule has 0 atom stereocenters. The number of thiophene rings is 1. The van der Waals surface area contributed by atoms with Gasteiger partial charge in [-0.05, 0) is 45.1 Å². The van der Waals surface area contributed by atoms with E-state index in [9.17, 15) is 0 Å². The van der Waals surface area contributed by atoms with Crippen molar-refractivity contribution in [1.29, 1.82) is 0 Å². The van der Waals surface area contributed by atoms with Gasteiger partial charge in [0.25, 0.3) is 0 Å². The average Bonchev–Trinajstić information content (AvgIpc) is 3.17. The Kier molecular flexibility index (Phi) is 3.85. The molecule has 1 saturated carbocycles. The summed E-state index contributed by atoms with van der Waals surface area (Å²) in [5.41, 5.74) is 7.11. The van der Waals surface area contributed by atoms with E-state index in [2.05, 4.69) is 41.2 Å². The van der Waals surface area contributed by atoms with E-state index in [0.29, 0.717) is 17.8 Å². The van der Waals surface area contributed by atoms with E-state index >= 15 is 0 Å². The molecule has 1 aliphatic carbocycles. The Hall–Kier alpha value is -1.62. The van der Waals surface area contributed by atoms with E-state index in [1.54, 1.807) is 11.3 Å². The number of nitrogens with zero attached hydrogens (tertiary/aromatic N) is 3. The van der Waals surface area contributed by atoms with Gasteiger partial charge in [0.05, 0.1) is 6.54 Å². The highest BCUT2D eigenvalue weighted by Crippen LogP contribution is 2.40. The van der Waals surface area contributed by atoms with Crippen molar-refractivity contribution < 1.29 is 0 Å². The van der Waals surface area contributed by atoms with E-state index in [1.807, 2.05) is 6.92 Å². The van der Waals surface area contributed by atoms with Crippen molar-refractivity contribution in [3.8, 4) is 0 Å². The third-order valence-corrected chi connectivity index (χ3v) is 4.78. The molecule has 0 aromatic carbocycles. The van der Waals surface area contributed by atoms with Crippen molar-refractivity contribution in [2.45, 2.75) is 52.1 Å². The Morgan fingerprint density at radius 2 is 2.14 bits per heavy atom. The fraction of sp³-hybridized carbons (Fsp3) is 0.500. The molecule has 4 nitrogen and oxygen atoms in total. The van der Waals surface area contributed by atoms with Crippen LogP contribution in [0.3, 0.4) is 0 Å². The Bertz CT molecular complexity index is 617. The normalized spacial score (nSPS) is 14.7. The molecular weight excluding hydrogens is 280 g/mol. The van der Waals surface area contributed by atoms with Gasteiger partial charge in [-0.2, -0.15) is 0 Å². The molecule has 21 heavy (non-hydrogen) atoms. The van der Waals surface area contributed by atoms with Crippen LogP contribution in [0.4, 0.5) is 11.6 Å². The number of hydrogen-bond acceptors (Lipinski definition) is 5. The van der Waals surface area contributed by atoms with Gasteiger partial charge in [-0.1, -0.05) is 6.07 Å². The Labute approximate surface area is 130 Å². The van der Waals surface area contributed by atoms with Crippen LogP contribution in [0.2, 0.25) is 0 Å². The number of nitrogens with two attached hydrogens (primary N) is 1. The fourth-order valence-corrected chi connectivity index (χ4v) is 3.12. The van der Waals surface area contributed by atoms with Crippen molar-refractivity contribution in [3.05, 3.63) is 33.8 Å². The molecule has 1 aliphatic rings. The van der Waals surface area contributed by atoms with Crippen molar-refractivity contribution in [2.24, 2.45) is 0 Å². The largest absolute Gasteiger partial charge is 0.383 e. The minimum Gasteiger partial charge on any atom is -0.383 e. The lowest BCUT2D eigenvalue weighted by Crippen LogP contribution is -2.32. The Morgan fingerprint density at radius 1 is 1.38 bits per heavy atom. The summed E-state index contributed by atoms with van der Waals surface area (Å²) in [4.78, 5) is 13.0. The van der Waals surface area contributed by atoms with Gasteiger partial charge in [-0.25, -0.2) is 9.97 Å². The topological polar surface area (TPSA) is 55.0 Å². The minimum absolute atomic E-state index is 0.368. The molecule has 0 unspecified atom stereocenters. The molecule has 0 saturated heterocycles. The van der Waals surface area contributed by atoms with Crippen LogP contribution in [0.25, 0.3) is 0 Å². The third kappa shape index (κ3) is 3.02. The quantitative estimate of drug-likeness (QED) is 0.914. The number of rotatable bonds is 5. The number of hydrogen-bond donors (Lipinski definition) is 1. The lowest BCUT2D eigenvalue weighted by atomic mass is 10.2. The third-order valence-electron chi connectivity index (χ3n) is 3.92. The summed E-state index contributed by atoms with van der Waals surface area (Å²) in [5, 5.41) is 2.12. The fourth-order valence-electron chi connectivity index (χ4n) is 2.42. The smallest absolute Gasteiger partial charge is 0.137 e. The van der Waals surface area contributed by atoms with Crippen LogP contribution >= 0.6 is 11.3 Å². The molecule has 2 heterocycles. The van der Waals surface area contributed by atoms with Crippen LogP contribution in [0.15, 0.2) is 17.5 Å². The van der Waals surface area contributed by atoms with E-state index in [0.717, 1.165) is 23.8 Å². The standard InChI is InChI=1S/C16H22N4S/c1-10(2)20(9-13-5-4-8-21-13)16-11(3)14(17)18-15(19-16)12-6-7-12/h4-5,8,10,12H,6-7,9H2,1-3H3,(H2,17,18,19). The van der Waals surface area contributed by atoms with Crippen LogP contribution in [0.1, 0.15) is 48.9 Å². The first kappa shape index (κ1) is 14.3. The molecule has 5 heteroatoms. The van der Waals surface area contributed by atoms with Crippen LogP contribution in [-0.2, 0) is 6.54 Å². The maximum absolute atomic E-state index is 6.12. The first-order valence-corrected chi connectivity index (χ1v) is 8.37. The van der Waals surface area contributed by atoms with Crippen molar-refractivity contribution >= 4 is 23.0 Å². The van der Waals surface area contributed by atoms with E-state index < -0.39 is 0 Å². The van der Waals surface area contributed by atoms with Gasteiger partial charge in [-0.3, -0.25) is 0 Å². The summed E-state index contributed by atoms with van der Waals surface area (Å²) in [6.07, 6.45) is 2.38. The number of aromatic nitrogens is 2. The molecule has 112 valence electrons. The SMILES string of the molecule is Cc1c(N)nc(C2CC2)nc1N(Cc1cccs1)C(C)C. The molecular formula is C16H22N4S. The zero-order chi connectivity index (χ0) is 15.0. The van der Waals surface area contributed by atoms with Gasteiger partial charge in [0, 0.05) is 22.4 Å². The highest BCUT2D eigenvalue weighted by atomic mass is 32.1. The van der Waals surface area contributed by atoms with Gasteiger partial charge in [0.1, 0.15) is 17.5 Å². The number of anilines is 2.